The topological polar surface area (TPSA) is 80.2 Å². The quantitative estimate of drug-likeness (QED) is 0.761. The molecule has 0 radical (unpaired) electrons. The Hall–Kier alpha value is -2.51. The van der Waals surface area contributed by atoms with Gasteiger partial charge in [-0.05, 0) is 69.1 Å². The highest BCUT2D eigenvalue weighted by atomic mass is 16.5. The molecule has 0 spiro atoms. The molecule has 3 aromatic rings. The molecule has 0 saturated carbocycles. The zero-order chi connectivity index (χ0) is 18.2. The van der Waals surface area contributed by atoms with E-state index in [9.17, 15) is 0 Å². The minimum absolute atomic E-state index is 0.420. The lowest BCUT2D eigenvalue weighted by molar-refractivity contribution is 0.297. The molecule has 1 saturated heterocycles. The van der Waals surface area contributed by atoms with Crippen LogP contribution in [0.1, 0.15) is 35.4 Å². The molecule has 140 valence electrons. The molecule has 2 aliphatic heterocycles. The van der Waals surface area contributed by atoms with Crippen molar-refractivity contribution in [3.63, 3.8) is 0 Å². The van der Waals surface area contributed by atoms with Gasteiger partial charge >= 0.3 is 0 Å². The fourth-order valence-electron chi connectivity index (χ4n) is 4.03. The van der Waals surface area contributed by atoms with Crippen molar-refractivity contribution in [2.24, 2.45) is 0 Å². The molecule has 5 heterocycles. The maximum absolute atomic E-state index is 5.96. The van der Waals surface area contributed by atoms with Gasteiger partial charge in [0.2, 0.25) is 5.82 Å². The lowest BCUT2D eigenvalue weighted by Crippen LogP contribution is -2.24. The Labute approximate surface area is 157 Å². The number of rotatable bonds is 4. The van der Waals surface area contributed by atoms with Crippen LogP contribution in [0.5, 0.6) is 0 Å². The summed E-state index contributed by atoms with van der Waals surface area (Å²) < 4.78 is 11.5. The number of pyridine rings is 1. The van der Waals surface area contributed by atoms with Gasteiger partial charge in [0.05, 0.1) is 6.54 Å². The fourth-order valence-corrected chi connectivity index (χ4v) is 4.03. The van der Waals surface area contributed by atoms with Crippen molar-refractivity contribution >= 4 is 0 Å². The second-order valence-corrected chi connectivity index (χ2v) is 7.32. The van der Waals surface area contributed by atoms with Crippen LogP contribution in [0.25, 0.3) is 23.0 Å². The summed E-state index contributed by atoms with van der Waals surface area (Å²) in [6.45, 7) is 6.89. The van der Waals surface area contributed by atoms with Crippen LogP contribution in [0.4, 0.5) is 0 Å². The Bertz CT molecular complexity index is 955. The largest absolute Gasteiger partial charge is 0.455 e. The predicted octanol–water partition coefficient (Wildman–Crippen LogP) is 2.94. The highest BCUT2D eigenvalue weighted by Crippen LogP contribution is 2.31. The van der Waals surface area contributed by atoms with E-state index in [1.165, 1.54) is 24.0 Å². The molecule has 0 amide bonds. The number of hydrogen-bond donors (Lipinski definition) is 1. The molecular weight excluding hydrogens is 342 g/mol. The van der Waals surface area contributed by atoms with Gasteiger partial charge in [0.25, 0.3) is 5.89 Å². The van der Waals surface area contributed by atoms with Crippen LogP contribution in [0.3, 0.4) is 0 Å². The van der Waals surface area contributed by atoms with Crippen molar-refractivity contribution in [2.75, 3.05) is 19.6 Å². The predicted molar refractivity (Wildman–Crippen MR) is 99.9 cm³/mol. The summed E-state index contributed by atoms with van der Waals surface area (Å²) >= 11 is 0. The van der Waals surface area contributed by atoms with Crippen molar-refractivity contribution in [1.82, 2.24) is 25.3 Å². The maximum Gasteiger partial charge on any atom is 0.293 e. The second kappa shape index (κ2) is 6.90. The molecule has 7 heteroatoms. The molecule has 5 rings (SSSR count). The van der Waals surface area contributed by atoms with E-state index >= 15 is 0 Å². The average Bonchev–Trinajstić information content (AvgIpc) is 3.43. The first kappa shape index (κ1) is 16.6. The van der Waals surface area contributed by atoms with E-state index in [1.807, 2.05) is 25.3 Å². The molecule has 27 heavy (non-hydrogen) atoms. The Kier molecular flexibility index (Phi) is 4.26. The van der Waals surface area contributed by atoms with Gasteiger partial charge in [-0.15, -0.1) is 0 Å². The highest BCUT2D eigenvalue weighted by molar-refractivity contribution is 5.66. The standard InChI is InChI=1S/C20H23N5O2/c1-13-18(16-6-7-21-10-14(16)11-22-13)19-23-20(27-24-19)17-5-4-15(26-17)12-25-8-2-3-9-25/h4-5,11,21H,2-3,6-10,12H2,1H3. The number of aryl methyl sites for hydroxylation is 1. The van der Waals surface area contributed by atoms with Gasteiger partial charge < -0.3 is 14.3 Å². The molecule has 7 nitrogen and oxygen atoms in total. The zero-order valence-electron chi connectivity index (χ0n) is 15.5. The van der Waals surface area contributed by atoms with E-state index in [0.29, 0.717) is 17.5 Å². The molecular formula is C20H23N5O2. The number of fused-ring (bicyclic) bond motifs is 1. The highest BCUT2D eigenvalue weighted by Gasteiger charge is 2.22. The number of hydrogen-bond acceptors (Lipinski definition) is 7. The summed E-state index contributed by atoms with van der Waals surface area (Å²) in [5.41, 5.74) is 4.40. The maximum atomic E-state index is 5.96. The number of likely N-dealkylation sites (tertiary alicyclic amines) is 1. The molecule has 3 aromatic heterocycles. The number of nitrogens with one attached hydrogen (secondary N) is 1. The van der Waals surface area contributed by atoms with Crippen LogP contribution >= 0.6 is 0 Å². The number of aromatic nitrogens is 3. The van der Waals surface area contributed by atoms with Crippen molar-refractivity contribution < 1.29 is 8.94 Å². The van der Waals surface area contributed by atoms with Gasteiger partial charge in [0, 0.05) is 24.0 Å². The van der Waals surface area contributed by atoms with E-state index in [1.54, 1.807) is 0 Å². The van der Waals surface area contributed by atoms with Crippen LogP contribution in [-0.4, -0.2) is 39.7 Å². The van der Waals surface area contributed by atoms with Crippen LogP contribution in [0, 0.1) is 6.92 Å². The molecule has 0 atom stereocenters. The Morgan fingerprint density at radius 3 is 3.00 bits per heavy atom. The average molecular weight is 365 g/mol. The van der Waals surface area contributed by atoms with Gasteiger partial charge in [-0.25, -0.2) is 0 Å². The summed E-state index contributed by atoms with van der Waals surface area (Å²) in [6, 6.07) is 3.92. The van der Waals surface area contributed by atoms with Crippen LogP contribution in [0.15, 0.2) is 27.3 Å². The Morgan fingerprint density at radius 1 is 1.22 bits per heavy atom. The SMILES string of the molecule is Cc1ncc2c(c1-c1noc(-c3ccc(CN4CCCC4)o3)n1)CCNC2. The zero-order valence-corrected chi connectivity index (χ0v) is 15.5. The van der Waals surface area contributed by atoms with Crippen molar-refractivity contribution in [1.29, 1.82) is 0 Å². The third kappa shape index (κ3) is 3.17. The minimum atomic E-state index is 0.420. The van der Waals surface area contributed by atoms with Gasteiger partial charge in [-0.1, -0.05) is 5.16 Å². The van der Waals surface area contributed by atoms with Crippen molar-refractivity contribution in [3.8, 4) is 23.0 Å². The van der Waals surface area contributed by atoms with Crippen molar-refractivity contribution in [2.45, 2.75) is 39.3 Å². The van der Waals surface area contributed by atoms with E-state index in [4.69, 9.17) is 8.94 Å². The fraction of sp³-hybridized carbons (Fsp3) is 0.450. The third-order valence-electron chi connectivity index (χ3n) is 5.43. The Morgan fingerprint density at radius 2 is 2.11 bits per heavy atom. The van der Waals surface area contributed by atoms with Gasteiger partial charge in [-0.3, -0.25) is 9.88 Å². The van der Waals surface area contributed by atoms with Crippen molar-refractivity contribution in [3.05, 3.63) is 40.9 Å². The summed E-state index contributed by atoms with van der Waals surface area (Å²) in [5.74, 6) is 2.57. The lowest BCUT2D eigenvalue weighted by Gasteiger charge is -2.19. The van der Waals surface area contributed by atoms with E-state index in [0.717, 1.165) is 56.2 Å². The van der Waals surface area contributed by atoms with Gasteiger partial charge in [0.15, 0.2) is 5.76 Å². The first-order valence-corrected chi connectivity index (χ1v) is 9.61. The number of furan rings is 1. The molecule has 1 fully saturated rings. The molecule has 0 aromatic carbocycles. The van der Waals surface area contributed by atoms with Gasteiger partial charge in [0.1, 0.15) is 5.76 Å². The molecule has 0 aliphatic carbocycles. The minimum Gasteiger partial charge on any atom is -0.455 e. The summed E-state index contributed by atoms with van der Waals surface area (Å²) in [4.78, 5) is 11.5. The molecule has 1 N–H and O–H groups in total. The third-order valence-corrected chi connectivity index (χ3v) is 5.43. The van der Waals surface area contributed by atoms with E-state index in [-0.39, 0.29) is 0 Å². The van der Waals surface area contributed by atoms with Crippen LogP contribution in [-0.2, 0) is 19.5 Å². The molecule has 2 aliphatic rings. The summed E-state index contributed by atoms with van der Waals surface area (Å²) in [5, 5.41) is 7.61. The summed E-state index contributed by atoms with van der Waals surface area (Å²) in [6.07, 6.45) is 5.42. The summed E-state index contributed by atoms with van der Waals surface area (Å²) in [7, 11) is 0. The lowest BCUT2D eigenvalue weighted by atomic mass is 9.95. The normalized spacial score (nSPS) is 17.4. The van der Waals surface area contributed by atoms with E-state index in [2.05, 4.69) is 25.3 Å². The molecule has 0 unspecified atom stereocenters. The first-order valence-electron chi connectivity index (χ1n) is 9.61. The van der Waals surface area contributed by atoms with Gasteiger partial charge in [-0.2, -0.15) is 4.98 Å². The smallest absolute Gasteiger partial charge is 0.293 e. The Balaban J connectivity index is 1.43. The van der Waals surface area contributed by atoms with Crippen LogP contribution in [0.2, 0.25) is 0 Å². The van der Waals surface area contributed by atoms with Crippen LogP contribution < -0.4 is 5.32 Å². The second-order valence-electron chi connectivity index (χ2n) is 7.32. The monoisotopic (exact) mass is 365 g/mol. The number of nitrogens with zero attached hydrogens (tertiary/aromatic N) is 4. The molecule has 0 bridgehead atoms. The van der Waals surface area contributed by atoms with E-state index < -0.39 is 0 Å². The first-order chi connectivity index (χ1) is 13.3.